The maximum atomic E-state index is 9.07. The zero-order chi connectivity index (χ0) is 15.4. The normalized spacial score (nSPS) is 10.5. The number of thioether (sulfide) groups is 1. The Morgan fingerprint density at radius 3 is 2.95 bits per heavy atom. The van der Waals surface area contributed by atoms with Gasteiger partial charge in [0.15, 0.2) is 0 Å². The third-order valence-corrected chi connectivity index (χ3v) is 4.63. The summed E-state index contributed by atoms with van der Waals surface area (Å²) < 4.78 is 5.61. The first kappa shape index (κ1) is 14.8. The van der Waals surface area contributed by atoms with E-state index in [1.54, 1.807) is 17.4 Å². The van der Waals surface area contributed by atoms with Crippen LogP contribution in [0, 0.1) is 18.3 Å². The molecule has 2 heterocycles. The summed E-state index contributed by atoms with van der Waals surface area (Å²) in [6, 6.07) is 9.69. The molecule has 1 aromatic carbocycles. The van der Waals surface area contributed by atoms with E-state index in [0.29, 0.717) is 28.9 Å². The van der Waals surface area contributed by atoms with Gasteiger partial charge < -0.3 is 4.42 Å². The molecule has 0 aliphatic rings. The molecule has 0 saturated carbocycles. The molecule has 0 fully saturated rings. The zero-order valence-corrected chi connectivity index (χ0v) is 13.4. The molecule has 0 saturated heterocycles. The average Bonchev–Trinajstić information content (AvgIpc) is 3.15. The average molecular weight is 328 g/mol. The Morgan fingerprint density at radius 1 is 1.32 bits per heavy atom. The lowest BCUT2D eigenvalue weighted by Crippen LogP contribution is -1.88. The quantitative estimate of drug-likeness (QED) is 0.666. The standard InChI is InChI=1S/C15H12N4OS2/c1-10-17-13(9-21-10)6-14-18-19-15(20-14)22-8-12-5-3-2-4-11(12)7-16/h2-5,9H,6,8H2,1H3. The largest absolute Gasteiger partial charge is 0.416 e. The van der Waals surface area contributed by atoms with Crippen molar-refractivity contribution in [2.75, 3.05) is 0 Å². The fourth-order valence-electron chi connectivity index (χ4n) is 1.91. The molecule has 0 radical (unpaired) electrons. The molecule has 7 heteroatoms. The molecule has 5 nitrogen and oxygen atoms in total. The zero-order valence-electron chi connectivity index (χ0n) is 11.8. The molecule has 22 heavy (non-hydrogen) atoms. The van der Waals surface area contributed by atoms with Crippen LogP contribution in [0.25, 0.3) is 0 Å². The lowest BCUT2D eigenvalue weighted by Gasteiger charge is -2.00. The van der Waals surface area contributed by atoms with Crippen LogP contribution in [0.2, 0.25) is 0 Å². The van der Waals surface area contributed by atoms with Crippen molar-refractivity contribution in [3.63, 3.8) is 0 Å². The highest BCUT2D eigenvalue weighted by Gasteiger charge is 2.10. The molecule has 0 aliphatic carbocycles. The van der Waals surface area contributed by atoms with Gasteiger partial charge in [0.05, 0.1) is 28.8 Å². The van der Waals surface area contributed by atoms with Crippen LogP contribution >= 0.6 is 23.1 Å². The van der Waals surface area contributed by atoms with E-state index >= 15 is 0 Å². The van der Waals surface area contributed by atoms with Crippen LogP contribution in [0.5, 0.6) is 0 Å². The predicted molar refractivity (Wildman–Crippen MR) is 84.7 cm³/mol. The number of benzene rings is 1. The Balaban J connectivity index is 1.63. The van der Waals surface area contributed by atoms with Crippen molar-refractivity contribution in [1.29, 1.82) is 5.26 Å². The Hall–Kier alpha value is -2.17. The van der Waals surface area contributed by atoms with E-state index in [0.717, 1.165) is 16.3 Å². The molecular weight excluding hydrogens is 316 g/mol. The second-order valence-corrected chi connectivity index (χ2v) is 6.54. The summed E-state index contributed by atoms with van der Waals surface area (Å²) in [5.41, 5.74) is 2.58. The summed E-state index contributed by atoms with van der Waals surface area (Å²) in [6.45, 7) is 1.97. The van der Waals surface area contributed by atoms with Gasteiger partial charge in [0.2, 0.25) is 5.89 Å². The maximum absolute atomic E-state index is 9.07. The first-order valence-corrected chi connectivity index (χ1v) is 8.45. The van der Waals surface area contributed by atoms with Gasteiger partial charge in [0, 0.05) is 11.1 Å². The molecule has 0 aliphatic heterocycles. The van der Waals surface area contributed by atoms with E-state index in [4.69, 9.17) is 9.68 Å². The third-order valence-electron chi connectivity index (χ3n) is 2.94. The molecule has 0 unspecified atom stereocenters. The van der Waals surface area contributed by atoms with Crippen LogP contribution in [0.4, 0.5) is 0 Å². The summed E-state index contributed by atoms with van der Waals surface area (Å²) in [6.07, 6.45) is 0.548. The first-order chi connectivity index (χ1) is 10.7. The topological polar surface area (TPSA) is 75.6 Å². The molecule has 110 valence electrons. The predicted octanol–water partition coefficient (Wildman–Crippen LogP) is 3.59. The lowest BCUT2D eigenvalue weighted by molar-refractivity contribution is 0.419. The van der Waals surface area contributed by atoms with Crippen LogP contribution in [-0.4, -0.2) is 15.2 Å². The van der Waals surface area contributed by atoms with Crippen molar-refractivity contribution in [3.8, 4) is 6.07 Å². The first-order valence-electron chi connectivity index (χ1n) is 6.59. The smallest absolute Gasteiger partial charge is 0.276 e. The number of thiazole rings is 1. The minimum Gasteiger partial charge on any atom is -0.416 e. The number of aromatic nitrogens is 3. The van der Waals surface area contributed by atoms with Crippen molar-refractivity contribution in [3.05, 3.63) is 57.4 Å². The van der Waals surface area contributed by atoms with Crippen molar-refractivity contribution in [2.24, 2.45) is 0 Å². The molecule has 0 bridgehead atoms. The van der Waals surface area contributed by atoms with Gasteiger partial charge in [-0.25, -0.2) is 4.98 Å². The van der Waals surface area contributed by atoms with Gasteiger partial charge in [-0.3, -0.25) is 0 Å². The SMILES string of the molecule is Cc1nc(Cc2nnc(SCc3ccccc3C#N)o2)cs1. The van der Waals surface area contributed by atoms with Gasteiger partial charge in [0.25, 0.3) is 5.22 Å². The molecule has 3 rings (SSSR count). The summed E-state index contributed by atoms with van der Waals surface area (Å²) in [4.78, 5) is 4.38. The molecule has 0 N–H and O–H groups in total. The van der Waals surface area contributed by atoms with Crippen LogP contribution in [-0.2, 0) is 12.2 Å². The summed E-state index contributed by atoms with van der Waals surface area (Å²) in [7, 11) is 0. The van der Waals surface area contributed by atoms with Crippen LogP contribution < -0.4 is 0 Å². The highest BCUT2D eigenvalue weighted by Crippen LogP contribution is 2.24. The minimum absolute atomic E-state index is 0.509. The van der Waals surface area contributed by atoms with E-state index in [9.17, 15) is 0 Å². The van der Waals surface area contributed by atoms with Crippen LogP contribution in [0.1, 0.15) is 27.7 Å². The number of aryl methyl sites for hydroxylation is 1. The molecular formula is C15H12N4OS2. The van der Waals surface area contributed by atoms with Gasteiger partial charge in [0.1, 0.15) is 0 Å². The van der Waals surface area contributed by atoms with Crippen molar-refractivity contribution >= 4 is 23.1 Å². The second-order valence-electron chi connectivity index (χ2n) is 4.55. The third kappa shape index (κ3) is 3.53. The Kier molecular flexibility index (Phi) is 4.51. The molecule has 3 aromatic rings. The Bertz CT molecular complexity index is 819. The highest BCUT2D eigenvalue weighted by molar-refractivity contribution is 7.98. The van der Waals surface area contributed by atoms with Gasteiger partial charge in [-0.1, -0.05) is 30.0 Å². The van der Waals surface area contributed by atoms with Gasteiger partial charge in [-0.2, -0.15) is 5.26 Å². The fourth-order valence-corrected chi connectivity index (χ4v) is 3.30. The summed E-state index contributed by atoms with van der Waals surface area (Å²) in [5.74, 6) is 1.18. The van der Waals surface area contributed by atoms with Crippen molar-refractivity contribution in [1.82, 2.24) is 15.2 Å². The van der Waals surface area contributed by atoms with Crippen molar-refractivity contribution < 1.29 is 4.42 Å². The Labute approximate surface area is 136 Å². The van der Waals surface area contributed by atoms with Gasteiger partial charge in [-0.15, -0.1) is 21.5 Å². The monoisotopic (exact) mass is 328 g/mol. The molecule has 0 spiro atoms. The van der Waals surface area contributed by atoms with Crippen molar-refractivity contribution in [2.45, 2.75) is 24.3 Å². The summed E-state index contributed by atoms with van der Waals surface area (Å²) in [5, 5.41) is 20.7. The van der Waals surface area contributed by atoms with E-state index < -0.39 is 0 Å². The molecule has 0 amide bonds. The van der Waals surface area contributed by atoms with Crippen LogP contribution in [0.15, 0.2) is 39.3 Å². The van der Waals surface area contributed by atoms with Gasteiger partial charge >= 0.3 is 0 Å². The fraction of sp³-hybridized carbons (Fsp3) is 0.200. The molecule has 0 atom stereocenters. The number of hydrogen-bond acceptors (Lipinski definition) is 7. The molecule has 2 aromatic heterocycles. The number of nitrogens with zero attached hydrogens (tertiary/aromatic N) is 4. The maximum Gasteiger partial charge on any atom is 0.276 e. The highest BCUT2D eigenvalue weighted by atomic mass is 32.2. The number of hydrogen-bond donors (Lipinski definition) is 0. The van der Waals surface area contributed by atoms with E-state index in [1.165, 1.54) is 11.8 Å². The van der Waals surface area contributed by atoms with Crippen LogP contribution in [0.3, 0.4) is 0 Å². The Morgan fingerprint density at radius 2 is 2.18 bits per heavy atom. The minimum atomic E-state index is 0.509. The van der Waals surface area contributed by atoms with E-state index in [2.05, 4.69) is 21.3 Å². The lowest BCUT2D eigenvalue weighted by atomic mass is 10.1. The van der Waals surface area contributed by atoms with E-state index in [1.807, 2.05) is 30.5 Å². The van der Waals surface area contributed by atoms with E-state index in [-0.39, 0.29) is 0 Å². The van der Waals surface area contributed by atoms with Gasteiger partial charge in [-0.05, 0) is 18.6 Å². The number of nitriles is 1. The summed E-state index contributed by atoms with van der Waals surface area (Å²) >= 11 is 3.04. The number of rotatable bonds is 5. The second kappa shape index (κ2) is 6.73.